The molecule has 0 spiro atoms. The monoisotopic (exact) mass is 339 g/mol. The summed E-state index contributed by atoms with van der Waals surface area (Å²) in [4.78, 5) is 12.3. The van der Waals surface area contributed by atoms with E-state index in [0.717, 1.165) is 22.6 Å². The third kappa shape index (κ3) is 4.12. The van der Waals surface area contributed by atoms with E-state index in [-0.39, 0.29) is 11.8 Å². The first-order chi connectivity index (χ1) is 12.0. The van der Waals surface area contributed by atoms with Gasteiger partial charge in [-0.05, 0) is 25.3 Å². The summed E-state index contributed by atoms with van der Waals surface area (Å²) in [5.41, 5.74) is 2.94. The zero-order chi connectivity index (χ0) is 17.8. The van der Waals surface area contributed by atoms with E-state index >= 15 is 0 Å². The second kappa shape index (κ2) is 7.29. The molecule has 1 amide bonds. The number of nitrogens with one attached hydrogen (secondary N) is 1. The molecule has 0 unspecified atom stereocenters. The first-order valence-electron chi connectivity index (χ1n) is 8.19. The summed E-state index contributed by atoms with van der Waals surface area (Å²) in [6, 6.07) is 9.96. The van der Waals surface area contributed by atoms with Gasteiger partial charge < -0.3 is 9.84 Å². The number of aryl methyl sites for hydroxylation is 2. The average molecular weight is 339 g/mol. The summed E-state index contributed by atoms with van der Waals surface area (Å²) in [6.45, 7) is 6.34. The van der Waals surface area contributed by atoms with E-state index < -0.39 is 0 Å². The van der Waals surface area contributed by atoms with Gasteiger partial charge >= 0.3 is 0 Å². The van der Waals surface area contributed by atoms with Crippen LogP contribution >= 0.6 is 0 Å². The highest BCUT2D eigenvalue weighted by Crippen LogP contribution is 2.26. The van der Waals surface area contributed by atoms with E-state index in [2.05, 4.69) is 20.8 Å². The molecule has 7 heteroatoms. The molecule has 1 aromatic carbocycles. The van der Waals surface area contributed by atoms with Gasteiger partial charge in [0, 0.05) is 12.0 Å². The molecular weight excluding hydrogens is 318 g/mol. The van der Waals surface area contributed by atoms with Crippen LogP contribution in [0.4, 0.5) is 5.82 Å². The van der Waals surface area contributed by atoms with Gasteiger partial charge in [-0.3, -0.25) is 4.79 Å². The number of hydrogen-bond acceptors (Lipinski definition) is 5. The SMILES string of the molecule is Cc1noc(C)c1[C@H](C)CC(=O)Nc1cn(Cc2ccccc2)nn1. The maximum Gasteiger partial charge on any atom is 0.226 e. The predicted octanol–water partition coefficient (Wildman–Crippen LogP) is 3.06. The van der Waals surface area contributed by atoms with E-state index in [1.54, 1.807) is 10.9 Å². The van der Waals surface area contributed by atoms with Crippen LogP contribution in [-0.2, 0) is 11.3 Å². The molecule has 1 atom stereocenters. The molecule has 0 radical (unpaired) electrons. The molecule has 0 aliphatic heterocycles. The number of amides is 1. The first-order valence-corrected chi connectivity index (χ1v) is 8.19. The third-order valence-corrected chi connectivity index (χ3v) is 4.07. The van der Waals surface area contributed by atoms with E-state index in [4.69, 9.17) is 4.52 Å². The van der Waals surface area contributed by atoms with Crippen molar-refractivity contribution >= 4 is 11.7 Å². The Morgan fingerprint density at radius 2 is 2.04 bits per heavy atom. The highest BCUT2D eigenvalue weighted by molar-refractivity contribution is 5.90. The lowest BCUT2D eigenvalue weighted by atomic mass is 9.96. The Labute approximate surface area is 146 Å². The maximum absolute atomic E-state index is 12.3. The molecule has 7 nitrogen and oxygen atoms in total. The van der Waals surface area contributed by atoms with Gasteiger partial charge in [0.05, 0.1) is 18.4 Å². The normalized spacial score (nSPS) is 12.1. The number of benzene rings is 1. The minimum atomic E-state index is -0.112. The zero-order valence-electron chi connectivity index (χ0n) is 14.6. The Balaban J connectivity index is 1.58. The van der Waals surface area contributed by atoms with E-state index in [0.29, 0.717) is 18.8 Å². The summed E-state index contributed by atoms with van der Waals surface area (Å²) in [5.74, 6) is 1.11. The smallest absolute Gasteiger partial charge is 0.226 e. The summed E-state index contributed by atoms with van der Waals surface area (Å²) in [7, 11) is 0. The van der Waals surface area contributed by atoms with Crippen LogP contribution in [0.2, 0.25) is 0 Å². The predicted molar refractivity (Wildman–Crippen MR) is 93.2 cm³/mol. The van der Waals surface area contributed by atoms with Gasteiger partial charge in [-0.25, -0.2) is 4.68 Å². The van der Waals surface area contributed by atoms with E-state index in [1.165, 1.54) is 0 Å². The Bertz CT molecular complexity index is 834. The van der Waals surface area contributed by atoms with Crippen LogP contribution in [0.25, 0.3) is 0 Å². The van der Waals surface area contributed by atoms with Crippen molar-refractivity contribution in [1.82, 2.24) is 20.2 Å². The van der Waals surface area contributed by atoms with Crippen LogP contribution in [0.15, 0.2) is 41.1 Å². The average Bonchev–Trinajstić information content (AvgIpc) is 3.14. The molecule has 2 heterocycles. The van der Waals surface area contributed by atoms with Crippen LogP contribution in [0, 0.1) is 13.8 Å². The molecule has 0 saturated carbocycles. The second-order valence-electron chi connectivity index (χ2n) is 6.18. The highest BCUT2D eigenvalue weighted by atomic mass is 16.5. The standard InChI is InChI=1S/C18H21N5O2/c1-12(18-13(2)21-25-14(18)3)9-17(24)19-16-11-23(22-20-16)10-15-7-5-4-6-8-15/h4-8,11-12H,9-10H2,1-3H3,(H,19,24)/t12-/m1/s1. The Hall–Kier alpha value is -2.96. The number of aromatic nitrogens is 4. The lowest BCUT2D eigenvalue weighted by Crippen LogP contribution is -2.15. The molecule has 130 valence electrons. The zero-order valence-corrected chi connectivity index (χ0v) is 14.6. The van der Waals surface area contributed by atoms with Crippen molar-refractivity contribution in [3.05, 3.63) is 59.1 Å². The van der Waals surface area contributed by atoms with Crippen molar-refractivity contribution in [2.75, 3.05) is 5.32 Å². The van der Waals surface area contributed by atoms with Crippen molar-refractivity contribution in [2.45, 2.75) is 39.7 Å². The van der Waals surface area contributed by atoms with Crippen LogP contribution in [0.5, 0.6) is 0 Å². The van der Waals surface area contributed by atoms with Gasteiger partial charge in [0.2, 0.25) is 5.91 Å². The topological polar surface area (TPSA) is 85.8 Å². The third-order valence-electron chi connectivity index (χ3n) is 4.07. The minimum Gasteiger partial charge on any atom is -0.361 e. The first kappa shape index (κ1) is 16.9. The van der Waals surface area contributed by atoms with E-state index in [1.807, 2.05) is 51.1 Å². The number of nitrogens with zero attached hydrogens (tertiary/aromatic N) is 4. The lowest BCUT2D eigenvalue weighted by molar-refractivity contribution is -0.116. The molecule has 3 aromatic rings. The summed E-state index contributed by atoms with van der Waals surface area (Å²) >= 11 is 0. The van der Waals surface area contributed by atoms with Crippen molar-refractivity contribution in [2.24, 2.45) is 0 Å². The van der Waals surface area contributed by atoms with Gasteiger partial charge in [0.1, 0.15) is 5.76 Å². The van der Waals surface area contributed by atoms with Crippen LogP contribution in [0.3, 0.4) is 0 Å². The highest BCUT2D eigenvalue weighted by Gasteiger charge is 2.19. The molecule has 0 aliphatic rings. The number of carbonyl (C=O) groups is 1. The van der Waals surface area contributed by atoms with Crippen molar-refractivity contribution in [1.29, 1.82) is 0 Å². The molecule has 0 aliphatic carbocycles. The molecular formula is C18H21N5O2. The van der Waals surface area contributed by atoms with Crippen molar-refractivity contribution in [3.63, 3.8) is 0 Å². The minimum absolute atomic E-state index is 0.0191. The van der Waals surface area contributed by atoms with Crippen LogP contribution < -0.4 is 5.32 Å². The fourth-order valence-electron chi connectivity index (χ4n) is 2.97. The quantitative estimate of drug-likeness (QED) is 0.746. The molecule has 2 aromatic heterocycles. The molecule has 0 fully saturated rings. The second-order valence-corrected chi connectivity index (χ2v) is 6.18. The summed E-state index contributed by atoms with van der Waals surface area (Å²) in [5, 5.41) is 14.8. The van der Waals surface area contributed by atoms with Gasteiger partial charge in [-0.15, -0.1) is 5.10 Å². The lowest BCUT2D eigenvalue weighted by Gasteiger charge is -2.10. The Morgan fingerprint density at radius 1 is 1.28 bits per heavy atom. The number of rotatable bonds is 6. The van der Waals surface area contributed by atoms with Gasteiger partial charge in [-0.1, -0.05) is 47.6 Å². The fourth-order valence-corrected chi connectivity index (χ4v) is 2.97. The molecule has 1 N–H and O–H groups in total. The molecule has 3 rings (SSSR count). The van der Waals surface area contributed by atoms with Crippen molar-refractivity contribution < 1.29 is 9.32 Å². The van der Waals surface area contributed by atoms with Crippen molar-refractivity contribution in [3.8, 4) is 0 Å². The number of hydrogen-bond donors (Lipinski definition) is 1. The Morgan fingerprint density at radius 3 is 2.72 bits per heavy atom. The fraction of sp³-hybridized carbons (Fsp3) is 0.333. The van der Waals surface area contributed by atoms with Crippen LogP contribution in [0.1, 0.15) is 41.8 Å². The largest absolute Gasteiger partial charge is 0.361 e. The van der Waals surface area contributed by atoms with Gasteiger partial charge in [0.15, 0.2) is 5.82 Å². The van der Waals surface area contributed by atoms with Crippen LogP contribution in [-0.4, -0.2) is 26.1 Å². The van der Waals surface area contributed by atoms with E-state index in [9.17, 15) is 4.79 Å². The summed E-state index contributed by atoms with van der Waals surface area (Å²) in [6.07, 6.45) is 2.06. The maximum atomic E-state index is 12.3. The summed E-state index contributed by atoms with van der Waals surface area (Å²) < 4.78 is 6.87. The van der Waals surface area contributed by atoms with Gasteiger partial charge in [0.25, 0.3) is 0 Å². The number of carbonyl (C=O) groups excluding carboxylic acids is 1. The molecule has 0 bridgehead atoms. The Kier molecular flexibility index (Phi) is 4.92. The molecule has 0 saturated heterocycles. The number of anilines is 1. The molecule has 25 heavy (non-hydrogen) atoms. The van der Waals surface area contributed by atoms with Gasteiger partial charge in [-0.2, -0.15) is 0 Å².